The Hall–Kier alpha value is -2.14. The minimum atomic E-state index is -0.128. The Morgan fingerprint density at radius 3 is 3.04 bits per heavy atom. The molecule has 5 heteroatoms. The second-order valence-electron chi connectivity index (χ2n) is 6.84. The Morgan fingerprint density at radius 1 is 1.30 bits per heavy atom. The van der Waals surface area contributed by atoms with Gasteiger partial charge in [0.25, 0.3) is 0 Å². The van der Waals surface area contributed by atoms with Crippen molar-refractivity contribution in [2.24, 2.45) is 5.92 Å². The maximum atomic E-state index is 12.4. The Kier molecular flexibility index (Phi) is 3.65. The maximum absolute atomic E-state index is 12.4. The molecule has 2 fully saturated rings. The summed E-state index contributed by atoms with van der Waals surface area (Å²) in [6.07, 6.45) is 5.92. The number of carbonyl (C=O) groups is 1. The fraction of sp³-hybridized carbons (Fsp3) is 0.444. The van der Waals surface area contributed by atoms with Gasteiger partial charge in [-0.15, -0.1) is 0 Å². The van der Waals surface area contributed by atoms with E-state index < -0.39 is 0 Å². The quantitative estimate of drug-likeness (QED) is 0.927. The first-order valence-electron chi connectivity index (χ1n) is 8.32. The van der Waals surface area contributed by atoms with Gasteiger partial charge in [0.15, 0.2) is 0 Å². The summed E-state index contributed by atoms with van der Waals surface area (Å²) < 4.78 is 1.42. The summed E-state index contributed by atoms with van der Waals surface area (Å²) in [5.74, 6) is 0.745. The molecule has 2 aliphatic heterocycles. The van der Waals surface area contributed by atoms with Gasteiger partial charge in [-0.25, -0.2) is 4.79 Å². The lowest BCUT2D eigenvalue weighted by Crippen LogP contribution is -2.48. The number of piperidine rings is 1. The summed E-state index contributed by atoms with van der Waals surface area (Å²) in [5.41, 5.74) is 3.26. The van der Waals surface area contributed by atoms with Crippen molar-refractivity contribution < 1.29 is 4.79 Å². The van der Waals surface area contributed by atoms with Crippen molar-refractivity contribution in [1.82, 2.24) is 20.0 Å². The van der Waals surface area contributed by atoms with Gasteiger partial charge in [-0.05, 0) is 37.8 Å². The molecular weight excluding hydrogens is 288 g/mol. The van der Waals surface area contributed by atoms with Gasteiger partial charge < -0.3 is 10.2 Å². The first-order valence-corrected chi connectivity index (χ1v) is 8.32. The van der Waals surface area contributed by atoms with Gasteiger partial charge in [0.1, 0.15) is 0 Å². The van der Waals surface area contributed by atoms with Gasteiger partial charge >= 0.3 is 6.03 Å². The molecule has 1 N–H and O–H groups in total. The van der Waals surface area contributed by atoms with Crippen molar-refractivity contribution in [3.8, 4) is 11.1 Å². The largest absolute Gasteiger partial charge is 0.342 e. The summed E-state index contributed by atoms with van der Waals surface area (Å²) in [4.78, 5) is 14.9. The van der Waals surface area contributed by atoms with Crippen LogP contribution in [0.5, 0.6) is 0 Å². The van der Waals surface area contributed by atoms with E-state index in [0.29, 0.717) is 0 Å². The number of hydrogen-bond donors (Lipinski definition) is 1. The van der Waals surface area contributed by atoms with Crippen molar-refractivity contribution in [3.63, 3.8) is 0 Å². The zero-order valence-corrected chi connectivity index (χ0v) is 13.4. The van der Waals surface area contributed by atoms with E-state index in [4.69, 9.17) is 0 Å². The molecule has 4 rings (SSSR count). The monoisotopic (exact) mass is 310 g/mol. The van der Waals surface area contributed by atoms with E-state index in [1.54, 1.807) is 6.20 Å². The van der Waals surface area contributed by atoms with Gasteiger partial charge in [0, 0.05) is 30.9 Å². The predicted octanol–water partition coefficient (Wildman–Crippen LogP) is 2.51. The predicted molar refractivity (Wildman–Crippen MR) is 89.3 cm³/mol. The number of nitrogens with one attached hydrogen (secondary N) is 1. The third-order valence-electron chi connectivity index (χ3n) is 4.94. The number of aromatic nitrogens is 2. The minimum Gasteiger partial charge on any atom is -0.332 e. The van der Waals surface area contributed by atoms with Crippen LogP contribution in [-0.4, -0.2) is 46.4 Å². The molecule has 2 saturated heterocycles. The highest BCUT2D eigenvalue weighted by Gasteiger charge is 2.33. The highest BCUT2D eigenvalue weighted by molar-refractivity contribution is 5.77. The molecule has 1 aromatic carbocycles. The molecule has 0 spiro atoms. The first kappa shape index (κ1) is 14.5. The molecule has 0 saturated carbocycles. The molecule has 2 aliphatic rings. The normalized spacial score (nSPS) is 26.2. The zero-order chi connectivity index (χ0) is 15.8. The highest BCUT2D eigenvalue weighted by Crippen LogP contribution is 2.26. The Balaban J connectivity index is 1.45. The number of amides is 1. The van der Waals surface area contributed by atoms with E-state index in [0.717, 1.165) is 30.0 Å². The molecule has 3 heterocycles. The molecule has 1 amide bonds. The number of rotatable bonds is 2. The number of nitrogens with zero attached hydrogens (tertiary/aromatic N) is 3. The van der Waals surface area contributed by atoms with E-state index in [1.807, 2.05) is 18.3 Å². The van der Waals surface area contributed by atoms with Crippen LogP contribution in [0.15, 0.2) is 36.7 Å². The van der Waals surface area contributed by atoms with Crippen molar-refractivity contribution in [2.45, 2.75) is 25.8 Å². The van der Waals surface area contributed by atoms with Crippen molar-refractivity contribution in [1.29, 1.82) is 0 Å². The van der Waals surface area contributed by atoms with Crippen LogP contribution >= 0.6 is 0 Å². The molecule has 0 aliphatic carbocycles. The van der Waals surface area contributed by atoms with E-state index in [2.05, 4.69) is 34.4 Å². The third kappa shape index (κ3) is 3.01. The molecule has 0 radical (unpaired) electrons. The lowest BCUT2D eigenvalue weighted by Gasteiger charge is -2.30. The lowest BCUT2D eigenvalue weighted by atomic mass is 9.97. The number of hydrogen-bond acceptors (Lipinski definition) is 3. The van der Waals surface area contributed by atoms with E-state index >= 15 is 0 Å². The molecular formula is C18H22N4O. The SMILES string of the molecule is Cc1cccc(-c2cnn(C(=O)NC3CC4CCN(C4)C3)c2)c1. The molecule has 3 atom stereocenters. The second-order valence-corrected chi connectivity index (χ2v) is 6.84. The summed E-state index contributed by atoms with van der Waals surface area (Å²) >= 11 is 0. The smallest absolute Gasteiger partial charge is 0.332 e. The molecule has 23 heavy (non-hydrogen) atoms. The highest BCUT2D eigenvalue weighted by atomic mass is 16.2. The fourth-order valence-electron chi connectivity index (χ4n) is 3.81. The molecule has 5 nitrogen and oxygen atoms in total. The van der Waals surface area contributed by atoms with Gasteiger partial charge in [-0.2, -0.15) is 9.78 Å². The van der Waals surface area contributed by atoms with Crippen LogP contribution in [0, 0.1) is 12.8 Å². The summed E-state index contributed by atoms with van der Waals surface area (Å²) in [6, 6.07) is 8.34. The molecule has 120 valence electrons. The zero-order valence-electron chi connectivity index (χ0n) is 13.4. The van der Waals surface area contributed by atoms with E-state index in [1.165, 1.54) is 29.8 Å². The fourth-order valence-corrected chi connectivity index (χ4v) is 3.81. The van der Waals surface area contributed by atoms with Crippen LogP contribution in [0.1, 0.15) is 18.4 Å². The maximum Gasteiger partial charge on any atom is 0.342 e. The first-order chi connectivity index (χ1) is 11.2. The summed E-state index contributed by atoms with van der Waals surface area (Å²) in [6.45, 7) is 5.41. The van der Waals surface area contributed by atoms with E-state index in [-0.39, 0.29) is 12.1 Å². The second kappa shape index (κ2) is 5.81. The van der Waals surface area contributed by atoms with Gasteiger partial charge in [0.2, 0.25) is 0 Å². The van der Waals surface area contributed by atoms with Crippen LogP contribution in [-0.2, 0) is 0 Å². The van der Waals surface area contributed by atoms with Crippen LogP contribution in [0.4, 0.5) is 4.79 Å². The summed E-state index contributed by atoms with van der Waals surface area (Å²) in [7, 11) is 0. The van der Waals surface area contributed by atoms with Gasteiger partial charge in [-0.1, -0.05) is 29.8 Å². The topological polar surface area (TPSA) is 50.2 Å². The number of aryl methyl sites for hydroxylation is 1. The molecule has 1 aromatic heterocycles. The molecule has 2 aromatic rings. The van der Waals surface area contributed by atoms with E-state index in [9.17, 15) is 4.79 Å². The standard InChI is InChI=1S/C18H22N4O/c1-13-3-2-4-15(7-13)16-9-19-22(11-16)18(23)20-17-8-14-5-6-21(10-14)12-17/h2-4,7,9,11,14,17H,5-6,8,10,12H2,1H3,(H,20,23). The number of fused-ring (bicyclic) bond motifs is 2. The molecule has 3 unspecified atom stereocenters. The Labute approximate surface area is 136 Å². The number of benzene rings is 1. The average molecular weight is 310 g/mol. The molecule has 2 bridgehead atoms. The van der Waals surface area contributed by atoms with Crippen LogP contribution in [0.25, 0.3) is 11.1 Å². The Morgan fingerprint density at radius 2 is 2.22 bits per heavy atom. The van der Waals surface area contributed by atoms with Gasteiger partial charge in [-0.3, -0.25) is 0 Å². The van der Waals surface area contributed by atoms with Crippen molar-refractivity contribution in [3.05, 3.63) is 42.2 Å². The third-order valence-corrected chi connectivity index (χ3v) is 4.94. The van der Waals surface area contributed by atoms with Crippen molar-refractivity contribution in [2.75, 3.05) is 19.6 Å². The lowest BCUT2D eigenvalue weighted by molar-refractivity contribution is 0.204. The van der Waals surface area contributed by atoms with Crippen LogP contribution < -0.4 is 5.32 Å². The average Bonchev–Trinajstić information content (AvgIpc) is 3.14. The van der Waals surface area contributed by atoms with Crippen LogP contribution in [0.3, 0.4) is 0 Å². The Bertz CT molecular complexity index is 711. The van der Waals surface area contributed by atoms with Gasteiger partial charge in [0.05, 0.1) is 6.20 Å². The summed E-state index contributed by atoms with van der Waals surface area (Å²) in [5, 5.41) is 7.36. The minimum absolute atomic E-state index is 0.128. The number of carbonyl (C=O) groups excluding carboxylic acids is 1. The van der Waals surface area contributed by atoms with Crippen LogP contribution in [0.2, 0.25) is 0 Å². The van der Waals surface area contributed by atoms with Crippen molar-refractivity contribution >= 4 is 6.03 Å².